The fourth-order valence-electron chi connectivity index (χ4n) is 2.19. The predicted molar refractivity (Wildman–Crippen MR) is 66.8 cm³/mol. The molecule has 0 unspecified atom stereocenters. The van der Waals surface area contributed by atoms with E-state index in [1.807, 2.05) is 25.8 Å². The molecule has 2 rings (SSSR count). The number of fused-ring (bicyclic) bond motifs is 1. The van der Waals surface area contributed by atoms with Crippen LogP contribution in [-0.4, -0.2) is 20.0 Å². The molecule has 17 heavy (non-hydrogen) atoms. The molecular weight excluding hydrogens is 238 g/mol. The van der Waals surface area contributed by atoms with Crippen LogP contribution in [0.3, 0.4) is 0 Å². The van der Waals surface area contributed by atoms with Gasteiger partial charge in [-0.1, -0.05) is 20.4 Å². The van der Waals surface area contributed by atoms with E-state index in [0.717, 1.165) is 16.9 Å². The Hall–Kier alpha value is -1.33. The Morgan fingerprint density at radius 2 is 1.94 bits per heavy atom. The number of allylic oxidation sites excluding steroid dienone is 1. The molecule has 1 aliphatic heterocycles. The molecule has 0 fully saturated rings. The van der Waals surface area contributed by atoms with Crippen LogP contribution in [-0.2, 0) is 15.5 Å². The summed E-state index contributed by atoms with van der Waals surface area (Å²) in [4.78, 5) is 1.86. The summed E-state index contributed by atoms with van der Waals surface area (Å²) in [7, 11) is -2.27. The second-order valence-electron chi connectivity index (χ2n) is 4.78. The molecule has 1 N–H and O–H groups in total. The van der Waals surface area contributed by atoms with Gasteiger partial charge in [0.2, 0.25) is 0 Å². The molecule has 1 aliphatic rings. The largest absolute Gasteiger partial charge is 0.348 e. The van der Waals surface area contributed by atoms with Gasteiger partial charge < -0.3 is 4.90 Å². The lowest BCUT2D eigenvalue weighted by Crippen LogP contribution is -2.21. The van der Waals surface area contributed by atoms with Gasteiger partial charge in [-0.15, -0.1) is 0 Å². The molecule has 92 valence electrons. The molecule has 0 spiro atoms. The first-order valence-electron chi connectivity index (χ1n) is 5.21. The van der Waals surface area contributed by atoms with Crippen molar-refractivity contribution in [1.29, 1.82) is 0 Å². The summed E-state index contributed by atoms with van der Waals surface area (Å²) in [5.74, 6) is 0. The minimum absolute atomic E-state index is 0.0765. The highest BCUT2D eigenvalue weighted by Gasteiger charge is 2.37. The number of hydrogen-bond acceptors (Lipinski definition) is 3. The molecule has 0 radical (unpaired) electrons. The second-order valence-corrected chi connectivity index (χ2v) is 6.21. The van der Waals surface area contributed by atoms with Gasteiger partial charge in [-0.25, -0.2) is 0 Å². The maximum Gasteiger partial charge on any atom is 0.294 e. The van der Waals surface area contributed by atoms with Crippen molar-refractivity contribution in [1.82, 2.24) is 0 Å². The van der Waals surface area contributed by atoms with E-state index >= 15 is 0 Å². The third-order valence-corrected chi connectivity index (χ3v) is 4.28. The molecule has 0 atom stereocenters. The Balaban J connectivity index is 2.71. The van der Waals surface area contributed by atoms with Crippen molar-refractivity contribution in [3.63, 3.8) is 0 Å². The number of nitrogens with zero attached hydrogens (tertiary/aromatic N) is 1. The smallest absolute Gasteiger partial charge is 0.294 e. The maximum absolute atomic E-state index is 11.1. The second kappa shape index (κ2) is 3.34. The summed E-state index contributed by atoms with van der Waals surface area (Å²) in [6.45, 7) is 7.96. The van der Waals surface area contributed by atoms with Gasteiger partial charge in [-0.2, -0.15) is 8.42 Å². The van der Waals surface area contributed by atoms with Crippen molar-refractivity contribution < 1.29 is 13.0 Å². The number of benzene rings is 1. The van der Waals surface area contributed by atoms with Gasteiger partial charge in [0, 0.05) is 23.8 Å². The monoisotopic (exact) mass is 253 g/mol. The first kappa shape index (κ1) is 12.1. The zero-order valence-electron chi connectivity index (χ0n) is 10.1. The van der Waals surface area contributed by atoms with Crippen molar-refractivity contribution >= 4 is 15.8 Å². The minimum Gasteiger partial charge on any atom is -0.348 e. The zero-order valence-corrected chi connectivity index (χ0v) is 10.9. The fraction of sp³-hybridized carbons (Fsp3) is 0.333. The molecule has 1 aromatic carbocycles. The van der Waals surface area contributed by atoms with E-state index in [1.54, 1.807) is 6.07 Å². The third kappa shape index (κ3) is 1.66. The van der Waals surface area contributed by atoms with E-state index in [-0.39, 0.29) is 10.3 Å². The summed E-state index contributed by atoms with van der Waals surface area (Å²) in [5, 5.41) is 0. The summed E-state index contributed by atoms with van der Waals surface area (Å²) in [6.07, 6.45) is 0. The maximum atomic E-state index is 11.1. The number of likely N-dealkylation sites (N-methyl/N-ethyl adjacent to an activating group) is 1. The Morgan fingerprint density at radius 1 is 1.35 bits per heavy atom. The summed E-state index contributed by atoms with van der Waals surface area (Å²) in [6, 6.07) is 4.61. The van der Waals surface area contributed by atoms with Gasteiger partial charge in [0.15, 0.2) is 0 Å². The van der Waals surface area contributed by atoms with Crippen molar-refractivity contribution in [3.05, 3.63) is 36.0 Å². The topological polar surface area (TPSA) is 57.6 Å². The van der Waals surface area contributed by atoms with Crippen LogP contribution in [0.2, 0.25) is 0 Å². The summed E-state index contributed by atoms with van der Waals surface area (Å²) >= 11 is 0. The lowest BCUT2D eigenvalue weighted by molar-refractivity contribution is 0.483. The van der Waals surface area contributed by atoms with Crippen LogP contribution in [0.5, 0.6) is 0 Å². The van der Waals surface area contributed by atoms with Crippen molar-refractivity contribution in [2.45, 2.75) is 24.2 Å². The van der Waals surface area contributed by atoms with Crippen molar-refractivity contribution in [2.75, 3.05) is 11.9 Å². The molecule has 4 nitrogen and oxygen atoms in total. The van der Waals surface area contributed by atoms with Crippen LogP contribution in [0.15, 0.2) is 35.4 Å². The highest BCUT2D eigenvalue weighted by atomic mass is 32.2. The van der Waals surface area contributed by atoms with Crippen LogP contribution in [0.25, 0.3) is 0 Å². The third-order valence-electron chi connectivity index (χ3n) is 3.43. The molecule has 0 saturated heterocycles. The van der Waals surface area contributed by atoms with Gasteiger partial charge >= 0.3 is 0 Å². The Bertz CT molecular complexity index is 602. The van der Waals surface area contributed by atoms with Gasteiger partial charge in [0.25, 0.3) is 10.1 Å². The Kier molecular flexibility index (Phi) is 2.38. The standard InChI is InChI=1S/C12H15NO3S/c1-8-12(2,3)10-7-9(17(14,15)16)5-6-11(10)13(8)4/h5-7H,1H2,2-4H3,(H,14,15,16). The molecule has 1 heterocycles. The number of anilines is 1. The average molecular weight is 253 g/mol. The van der Waals surface area contributed by atoms with Crippen LogP contribution in [0.4, 0.5) is 5.69 Å². The average Bonchev–Trinajstić information content (AvgIpc) is 2.39. The summed E-state index contributed by atoms with van der Waals surface area (Å²) in [5.41, 5.74) is 2.36. The van der Waals surface area contributed by atoms with Crippen molar-refractivity contribution in [2.24, 2.45) is 0 Å². The van der Waals surface area contributed by atoms with E-state index in [9.17, 15) is 8.42 Å². The van der Waals surface area contributed by atoms with Gasteiger partial charge in [0.05, 0.1) is 4.90 Å². The summed E-state index contributed by atoms with van der Waals surface area (Å²) < 4.78 is 31.3. The van der Waals surface area contributed by atoms with E-state index in [0.29, 0.717) is 0 Å². The highest BCUT2D eigenvalue weighted by Crippen LogP contribution is 2.46. The SMILES string of the molecule is C=C1N(C)c2ccc(S(=O)(=O)O)cc2C1(C)C. The van der Waals surface area contributed by atoms with E-state index in [4.69, 9.17) is 4.55 Å². The van der Waals surface area contributed by atoms with Gasteiger partial charge in [0.1, 0.15) is 0 Å². The Morgan fingerprint density at radius 3 is 2.47 bits per heavy atom. The van der Waals surface area contributed by atoms with Crippen LogP contribution in [0, 0.1) is 0 Å². The molecular formula is C12H15NO3S. The van der Waals surface area contributed by atoms with E-state index in [1.165, 1.54) is 12.1 Å². The quantitative estimate of drug-likeness (QED) is 0.779. The first-order chi connectivity index (χ1) is 7.65. The number of hydrogen-bond donors (Lipinski definition) is 1. The molecule has 0 bridgehead atoms. The molecule has 5 heteroatoms. The first-order valence-corrected chi connectivity index (χ1v) is 6.65. The van der Waals surface area contributed by atoms with Crippen molar-refractivity contribution in [3.8, 4) is 0 Å². The molecule has 1 aromatic rings. The lowest BCUT2D eigenvalue weighted by atomic mass is 9.84. The van der Waals surface area contributed by atoms with Crippen LogP contribution in [0.1, 0.15) is 19.4 Å². The molecule has 0 saturated carbocycles. The van der Waals surface area contributed by atoms with Crippen LogP contribution < -0.4 is 4.90 Å². The number of rotatable bonds is 1. The van der Waals surface area contributed by atoms with Gasteiger partial charge in [-0.3, -0.25) is 4.55 Å². The predicted octanol–water partition coefficient (Wildman–Crippen LogP) is 2.17. The Labute approximate surface area is 101 Å². The molecule has 0 aromatic heterocycles. The van der Waals surface area contributed by atoms with Gasteiger partial charge in [-0.05, 0) is 23.8 Å². The molecule has 0 aliphatic carbocycles. The minimum atomic E-state index is -4.16. The lowest BCUT2D eigenvalue weighted by Gasteiger charge is -2.22. The normalized spacial score (nSPS) is 18.4. The van der Waals surface area contributed by atoms with Crippen LogP contribution >= 0.6 is 0 Å². The zero-order chi connectivity index (χ0) is 13.0. The van der Waals surface area contributed by atoms with E-state index < -0.39 is 10.1 Å². The van der Waals surface area contributed by atoms with E-state index in [2.05, 4.69) is 6.58 Å². The molecule has 0 amide bonds. The highest BCUT2D eigenvalue weighted by molar-refractivity contribution is 7.85. The fourth-order valence-corrected chi connectivity index (χ4v) is 2.70.